The second kappa shape index (κ2) is 8.35. The minimum absolute atomic E-state index is 0.365. The molecular formula is C14H22ClNO2. The van der Waals surface area contributed by atoms with E-state index in [-0.39, 0.29) is 0 Å². The van der Waals surface area contributed by atoms with Gasteiger partial charge in [-0.3, -0.25) is 0 Å². The highest BCUT2D eigenvalue weighted by molar-refractivity contribution is 6.30. The Bertz CT molecular complexity index is 358. The van der Waals surface area contributed by atoms with Gasteiger partial charge in [0.05, 0.1) is 7.11 Å². The van der Waals surface area contributed by atoms with Gasteiger partial charge in [-0.1, -0.05) is 11.6 Å². The third-order valence-corrected chi connectivity index (χ3v) is 3.17. The zero-order chi connectivity index (χ0) is 13.4. The fourth-order valence-electron chi connectivity index (χ4n) is 1.89. The van der Waals surface area contributed by atoms with Gasteiger partial charge in [-0.05, 0) is 50.6 Å². The molecular weight excluding hydrogens is 250 g/mol. The van der Waals surface area contributed by atoms with E-state index in [0.717, 1.165) is 42.4 Å². The molecule has 4 heteroatoms. The first-order chi connectivity index (χ1) is 8.71. The molecule has 1 aromatic rings. The van der Waals surface area contributed by atoms with E-state index >= 15 is 0 Å². The highest BCUT2D eigenvalue weighted by atomic mass is 35.5. The van der Waals surface area contributed by atoms with Gasteiger partial charge in [0.1, 0.15) is 5.75 Å². The Balaban J connectivity index is 2.65. The number of hydrogen-bond acceptors (Lipinski definition) is 3. The van der Waals surface area contributed by atoms with Gasteiger partial charge in [0, 0.05) is 24.3 Å². The minimum Gasteiger partial charge on any atom is -0.496 e. The topological polar surface area (TPSA) is 30.5 Å². The van der Waals surface area contributed by atoms with E-state index in [1.807, 2.05) is 32.2 Å². The molecule has 0 aliphatic rings. The van der Waals surface area contributed by atoms with Crippen LogP contribution in [0.2, 0.25) is 5.02 Å². The van der Waals surface area contributed by atoms with E-state index in [0.29, 0.717) is 6.04 Å². The van der Waals surface area contributed by atoms with Crippen LogP contribution in [0.25, 0.3) is 0 Å². The van der Waals surface area contributed by atoms with E-state index in [2.05, 4.69) is 5.32 Å². The molecule has 3 nitrogen and oxygen atoms in total. The first-order valence-electron chi connectivity index (χ1n) is 6.28. The average Bonchev–Trinajstić information content (AvgIpc) is 2.38. The van der Waals surface area contributed by atoms with Crippen LogP contribution in [-0.4, -0.2) is 33.4 Å². The smallest absolute Gasteiger partial charge is 0.122 e. The van der Waals surface area contributed by atoms with Crippen LogP contribution in [0.4, 0.5) is 0 Å². The lowest BCUT2D eigenvalue weighted by atomic mass is 10.0. The van der Waals surface area contributed by atoms with Crippen LogP contribution in [0.15, 0.2) is 18.2 Å². The zero-order valence-electron chi connectivity index (χ0n) is 11.3. The summed E-state index contributed by atoms with van der Waals surface area (Å²) in [4.78, 5) is 0. The van der Waals surface area contributed by atoms with Crippen molar-refractivity contribution in [2.45, 2.75) is 25.8 Å². The van der Waals surface area contributed by atoms with Gasteiger partial charge >= 0.3 is 0 Å². The molecule has 0 saturated carbocycles. The highest BCUT2D eigenvalue weighted by Crippen LogP contribution is 2.24. The van der Waals surface area contributed by atoms with Gasteiger partial charge in [-0.25, -0.2) is 0 Å². The monoisotopic (exact) mass is 271 g/mol. The summed E-state index contributed by atoms with van der Waals surface area (Å²) in [7, 11) is 3.65. The molecule has 0 aliphatic heterocycles. The van der Waals surface area contributed by atoms with Crippen LogP contribution < -0.4 is 10.1 Å². The predicted molar refractivity (Wildman–Crippen MR) is 75.7 cm³/mol. The normalized spacial score (nSPS) is 12.4. The van der Waals surface area contributed by atoms with Crippen LogP contribution in [0, 0.1) is 0 Å². The summed E-state index contributed by atoms with van der Waals surface area (Å²) in [6.07, 6.45) is 1.85. The van der Waals surface area contributed by atoms with Gasteiger partial charge < -0.3 is 14.8 Å². The standard InChI is InChI=1S/C14H22ClNO2/c1-4-18-8-7-13(16-2)10-11-9-12(15)5-6-14(11)17-3/h5-6,9,13,16H,4,7-8,10H2,1-3H3. The van der Waals surface area contributed by atoms with E-state index in [1.54, 1.807) is 7.11 Å². The summed E-state index contributed by atoms with van der Waals surface area (Å²) in [6.45, 7) is 3.54. The second-order valence-corrected chi connectivity index (χ2v) is 4.57. The molecule has 18 heavy (non-hydrogen) atoms. The third kappa shape index (κ3) is 4.84. The third-order valence-electron chi connectivity index (χ3n) is 2.93. The van der Waals surface area contributed by atoms with Crippen molar-refractivity contribution >= 4 is 11.6 Å². The Morgan fingerprint density at radius 2 is 2.17 bits per heavy atom. The quantitative estimate of drug-likeness (QED) is 0.738. The summed E-state index contributed by atoms with van der Waals surface area (Å²) < 4.78 is 10.7. The lowest BCUT2D eigenvalue weighted by Crippen LogP contribution is -2.29. The SMILES string of the molecule is CCOCCC(Cc1cc(Cl)ccc1OC)NC. The lowest BCUT2D eigenvalue weighted by Gasteiger charge is -2.18. The number of benzene rings is 1. The average molecular weight is 272 g/mol. The van der Waals surface area contributed by atoms with Crippen LogP contribution in [0.3, 0.4) is 0 Å². The van der Waals surface area contributed by atoms with Crippen molar-refractivity contribution in [2.24, 2.45) is 0 Å². The van der Waals surface area contributed by atoms with Crippen molar-refractivity contribution < 1.29 is 9.47 Å². The molecule has 0 radical (unpaired) electrons. The minimum atomic E-state index is 0.365. The number of halogens is 1. The number of ether oxygens (including phenoxy) is 2. The molecule has 0 spiro atoms. The number of nitrogens with one attached hydrogen (secondary N) is 1. The van der Waals surface area contributed by atoms with Gasteiger partial charge in [0.2, 0.25) is 0 Å². The van der Waals surface area contributed by atoms with E-state index in [9.17, 15) is 0 Å². The largest absolute Gasteiger partial charge is 0.496 e. The molecule has 1 aromatic carbocycles. The second-order valence-electron chi connectivity index (χ2n) is 4.13. The van der Waals surface area contributed by atoms with Crippen molar-refractivity contribution in [3.8, 4) is 5.75 Å². The maximum atomic E-state index is 6.03. The Morgan fingerprint density at radius 1 is 1.39 bits per heavy atom. The highest BCUT2D eigenvalue weighted by Gasteiger charge is 2.11. The zero-order valence-corrected chi connectivity index (χ0v) is 12.1. The number of hydrogen-bond donors (Lipinski definition) is 1. The van der Waals surface area contributed by atoms with Gasteiger partial charge in [-0.15, -0.1) is 0 Å². The van der Waals surface area contributed by atoms with Crippen molar-refractivity contribution in [1.82, 2.24) is 5.32 Å². The van der Waals surface area contributed by atoms with Crippen LogP contribution in [0.1, 0.15) is 18.9 Å². The van der Waals surface area contributed by atoms with E-state index in [1.165, 1.54) is 0 Å². The lowest BCUT2D eigenvalue weighted by molar-refractivity contribution is 0.137. The van der Waals surface area contributed by atoms with Gasteiger partial charge in [0.15, 0.2) is 0 Å². The first-order valence-corrected chi connectivity index (χ1v) is 6.66. The Hall–Kier alpha value is -0.770. The summed E-state index contributed by atoms with van der Waals surface area (Å²) in [5, 5.41) is 4.04. The summed E-state index contributed by atoms with van der Waals surface area (Å²) in [5.41, 5.74) is 1.13. The summed E-state index contributed by atoms with van der Waals surface area (Å²) in [6, 6.07) is 6.08. The molecule has 102 valence electrons. The molecule has 1 unspecified atom stereocenters. The maximum Gasteiger partial charge on any atom is 0.122 e. The van der Waals surface area contributed by atoms with Crippen LogP contribution in [-0.2, 0) is 11.2 Å². The van der Waals surface area contributed by atoms with Crippen molar-refractivity contribution in [3.63, 3.8) is 0 Å². The number of methoxy groups -OCH3 is 1. The van der Waals surface area contributed by atoms with Gasteiger partial charge in [-0.2, -0.15) is 0 Å². The van der Waals surface area contributed by atoms with E-state index < -0.39 is 0 Å². The van der Waals surface area contributed by atoms with Crippen LogP contribution >= 0.6 is 11.6 Å². The molecule has 0 fully saturated rings. The number of likely N-dealkylation sites (N-methyl/N-ethyl adjacent to an activating group) is 1. The summed E-state index contributed by atoms with van der Waals surface area (Å²) >= 11 is 6.03. The molecule has 0 amide bonds. The van der Waals surface area contributed by atoms with Crippen molar-refractivity contribution in [3.05, 3.63) is 28.8 Å². The molecule has 0 aromatic heterocycles. The fourth-order valence-corrected chi connectivity index (χ4v) is 2.09. The molecule has 1 rings (SSSR count). The summed E-state index contributed by atoms with van der Waals surface area (Å²) in [5.74, 6) is 0.885. The molecule has 0 bridgehead atoms. The van der Waals surface area contributed by atoms with Crippen LogP contribution in [0.5, 0.6) is 5.75 Å². The van der Waals surface area contributed by atoms with E-state index in [4.69, 9.17) is 21.1 Å². The molecule has 1 atom stereocenters. The first kappa shape index (κ1) is 15.3. The Labute approximate surface area is 114 Å². The predicted octanol–water partition coefficient (Wildman–Crippen LogP) is 2.91. The number of rotatable bonds is 8. The molecule has 0 aliphatic carbocycles. The van der Waals surface area contributed by atoms with Crippen molar-refractivity contribution in [2.75, 3.05) is 27.4 Å². The molecule has 1 N–H and O–H groups in total. The van der Waals surface area contributed by atoms with Crippen molar-refractivity contribution in [1.29, 1.82) is 0 Å². The molecule has 0 heterocycles. The Morgan fingerprint density at radius 3 is 2.78 bits per heavy atom. The van der Waals surface area contributed by atoms with Gasteiger partial charge in [0.25, 0.3) is 0 Å². The molecule has 0 saturated heterocycles. The fraction of sp³-hybridized carbons (Fsp3) is 0.571. The maximum absolute atomic E-state index is 6.03. The Kier molecular flexibility index (Phi) is 7.09.